The van der Waals surface area contributed by atoms with E-state index >= 15 is 0 Å². The third-order valence-corrected chi connectivity index (χ3v) is 4.56. The molecule has 25 heavy (non-hydrogen) atoms. The second-order valence-corrected chi connectivity index (χ2v) is 7.68. The molecule has 0 aliphatic carbocycles. The number of ether oxygens (including phenoxy) is 2. The number of methoxy groups -OCH3 is 1. The maximum absolute atomic E-state index is 12.5. The number of fused-ring (bicyclic) bond motifs is 1. The number of rotatable bonds is 2. The lowest BCUT2D eigenvalue weighted by molar-refractivity contribution is -0.117. The van der Waals surface area contributed by atoms with Crippen LogP contribution in [-0.4, -0.2) is 58.1 Å². The van der Waals surface area contributed by atoms with Gasteiger partial charge < -0.3 is 14.4 Å². The molecule has 0 N–H and O–H groups in total. The average Bonchev–Trinajstić information content (AvgIpc) is 3.07. The average molecular weight is 350 g/mol. The van der Waals surface area contributed by atoms with Crippen LogP contribution in [-0.2, 0) is 27.4 Å². The van der Waals surface area contributed by atoms with Crippen molar-refractivity contribution in [1.82, 2.24) is 14.7 Å². The van der Waals surface area contributed by atoms with Gasteiger partial charge in [-0.3, -0.25) is 14.4 Å². The molecular weight excluding hydrogens is 324 g/mol. The molecule has 0 unspecified atom stereocenters. The van der Waals surface area contributed by atoms with Gasteiger partial charge in [0, 0.05) is 7.11 Å². The number of amides is 2. The second-order valence-electron chi connectivity index (χ2n) is 7.68. The van der Waals surface area contributed by atoms with Crippen LogP contribution in [0.15, 0.2) is 6.20 Å². The van der Waals surface area contributed by atoms with Crippen molar-refractivity contribution in [3.05, 3.63) is 11.9 Å². The molecule has 138 valence electrons. The first-order chi connectivity index (χ1) is 11.7. The van der Waals surface area contributed by atoms with E-state index in [1.807, 2.05) is 32.4 Å². The number of aromatic nitrogens is 2. The largest absolute Gasteiger partial charge is 0.444 e. The minimum Gasteiger partial charge on any atom is -0.444 e. The number of anilines is 1. The summed E-state index contributed by atoms with van der Waals surface area (Å²) in [5.41, 5.74) is 1.06. The van der Waals surface area contributed by atoms with Crippen LogP contribution < -0.4 is 4.90 Å². The van der Waals surface area contributed by atoms with Crippen molar-refractivity contribution in [1.29, 1.82) is 0 Å². The van der Waals surface area contributed by atoms with E-state index in [-0.39, 0.29) is 24.1 Å². The summed E-state index contributed by atoms with van der Waals surface area (Å²) in [6.07, 6.45) is 1.62. The second kappa shape index (κ2) is 6.33. The molecule has 0 radical (unpaired) electrons. The van der Waals surface area contributed by atoms with Gasteiger partial charge in [0.1, 0.15) is 5.60 Å². The van der Waals surface area contributed by atoms with Crippen LogP contribution in [0.2, 0.25) is 0 Å². The summed E-state index contributed by atoms with van der Waals surface area (Å²) in [5.74, 6) is 0.0186. The molecule has 0 spiro atoms. The number of hydrogen-bond donors (Lipinski definition) is 0. The first kappa shape index (κ1) is 17.7. The van der Waals surface area contributed by atoms with Crippen molar-refractivity contribution in [2.24, 2.45) is 0 Å². The Labute approximate surface area is 147 Å². The molecule has 0 bridgehead atoms. The normalized spacial score (nSPS) is 23.8. The van der Waals surface area contributed by atoms with Gasteiger partial charge in [0.05, 0.1) is 55.8 Å². The number of carbonyl (C=O) groups is 2. The molecule has 2 amide bonds. The summed E-state index contributed by atoms with van der Waals surface area (Å²) in [6.45, 7) is 8.97. The fourth-order valence-electron chi connectivity index (χ4n) is 3.24. The van der Waals surface area contributed by atoms with Crippen molar-refractivity contribution in [2.75, 3.05) is 18.6 Å². The number of carbonyl (C=O) groups excluding carboxylic acids is 2. The molecule has 0 aromatic carbocycles. The van der Waals surface area contributed by atoms with Gasteiger partial charge in [-0.1, -0.05) is 0 Å². The molecule has 2 atom stereocenters. The van der Waals surface area contributed by atoms with Crippen molar-refractivity contribution >= 4 is 17.7 Å². The van der Waals surface area contributed by atoms with Gasteiger partial charge in [-0.2, -0.15) is 5.10 Å². The van der Waals surface area contributed by atoms with Crippen LogP contribution >= 0.6 is 0 Å². The Hall–Kier alpha value is -2.09. The van der Waals surface area contributed by atoms with Crippen LogP contribution in [0.25, 0.3) is 0 Å². The van der Waals surface area contributed by atoms with Gasteiger partial charge in [-0.05, 0) is 27.7 Å². The Morgan fingerprint density at radius 1 is 1.32 bits per heavy atom. The monoisotopic (exact) mass is 350 g/mol. The summed E-state index contributed by atoms with van der Waals surface area (Å²) < 4.78 is 12.7. The summed E-state index contributed by atoms with van der Waals surface area (Å²) >= 11 is 0. The fraction of sp³-hybridized carbons (Fsp3) is 0.706. The lowest BCUT2D eigenvalue weighted by atomic mass is 10.2. The van der Waals surface area contributed by atoms with Crippen molar-refractivity contribution in [2.45, 2.75) is 65.0 Å². The molecule has 3 rings (SSSR count). The maximum atomic E-state index is 12.5. The Bertz CT molecular complexity index is 679. The van der Waals surface area contributed by atoms with E-state index in [0.717, 1.165) is 11.4 Å². The van der Waals surface area contributed by atoms with Gasteiger partial charge in [0.2, 0.25) is 5.91 Å². The topological polar surface area (TPSA) is 76.9 Å². The first-order valence-corrected chi connectivity index (χ1v) is 8.57. The lowest BCUT2D eigenvalue weighted by Gasteiger charge is -2.36. The molecule has 2 aliphatic heterocycles. The number of hydrogen-bond acceptors (Lipinski definition) is 5. The fourth-order valence-corrected chi connectivity index (χ4v) is 3.24. The van der Waals surface area contributed by atoms with Gasteiger partial charge in [-0.15, -0.1) is 0 Å². The zero-order valence-corrected chi connectivity index (χ0v) is 15.5. The van der Waals surface area contributed by atoms with Gasteiger partial charge in [0.15, 0.2) is 0 Å². The third kappa shape index (κ3) is 3.49. The lowest BCUT2D eigenvalue weighted by Crippen LogP contribution is -2.47. The number of nitrogens with zero attached hydrogens (tertiary/aromatic N) is 4. The molecule has 8 heteroatoms. The molecule has 1 aromatic rings. The molecule has 1 saturated heterocycles. The zero-order valence-electron chi connectivity index (χ0n) is 15.5. The predicted molar refractivity (Wildman–Crippen MR) is 91.2 cm³/mol. The summed E-state index contributed by atoms with van der Waals surface area (Å²) in [4.78, 5) is 28.2. The molecule has 1 fully saturated rings. The van der Waals surface area contributed by atoms with Crippen molar-refractivity contribution in [3.63, 3.8) is 0 Å². The summed E-state index contributed by atoms with van der Waals surface area (Å²) in [5, 5.41) is 4.41. The third-order valence-electron chi connectivity index (χ3n) is 4.56. The minimum atomic E-state index is -0.548. The highest BCUT2D eigenvalue weighted by Crippen LogP contribution is 2.31. The Morgan fingerprint density at radius 3 is 2.64 bits per heavy atom. The Morgan fingerprint density at radius 2 is 2.04 bits per heavy atom. The first-order valence-electron chi connectivity index (χ1n) is 8.57. The zero-order chi connectivity index (χ0) is 18.4. The standard InChI is InChI=1S/C17H26N4O4/c1-11-8-21-14(10-19(11)16(23)25-17(2,3)4)13(7-18-21)20-9-12(24-5)6-15(20)22/h7,11-12H,6,8-10H2,1-5H3/t11-,12-/m0/s1. The highest BCUT2D eigenvalue weighted by Gasteiger charge is 2.37. The van der Waals surface area contributed by atoms with E-state index in [0.29, 0.717) is 26.1 Å². The molecule has 0 saturated carbocycles. The highest BCUT2D eigenvalue weighted by molar-refractivity contribution is 5.96. The van der Waals surface area contributed by atoms with Crippen LogP contribution in [0.5, 0.6) is 0 Å². The van der Waals surface area contributed by atoms with E-state index in [2.05, 4.69) is 5.10 Å². The Kier molecular flexibility index (Phi) is 4.49. The Balaban J connectivity index is 1.83. The predicted octanol–water partition coefficient (Wildman–Crippen LogP) is 1.77. The van der Waals surface area contributed by atoms with E-state index in [4.69, 9.17) is 9.47 Å². The van der Waals surface area contributed by atoms with Gasteiger partial charge in [0.25, 0.3) is 0 Å². The van der Waals surface area contributed by atoms with Gasteiger partial charge >= 0.3 is 6.09 Å². The van der Waals surface area contributed by atoms with Crippen molar-refractivity contribution in [3.8, 4) is 0 Å². The highest BCUT2D eigenvalue weighted by atomic mass is 16.6. The van der Waals surface area contributed by atoms with Crippen LogP contribution in [0, 0.1) is 0 Å². The molecular formula is C17H26N4O4. The molecule has 2 aliphatic rings. The summed E-state index contributed by atoms with van der Waals surface area (Å²) in [6, 6.07) is -0.0314. The van der Waals surface area contributed by atoms with Crippen molar-refractivity contribution < 1.29 is 19.1 Å². The quantitative estimate of drug-likeness (QED) is 0.812. The molecule has 1 aromatic heterocycles. The van der Waals surface area contributed by atoms with E-state index in [1.54, 1.807) is 23.1 Å². The van der Waals surface area contributed by atoms with Gasteiger partial charge in [-0.25, -0.2) is 4.79 Å². The molecule has 8 nitrogen and oxygen atoms in total. The SMILES string of the molecule is CO[C@H]1CC(=O)N(c2cnn3c2CN(C(=O)OC(C)(C)C)[C@@H](C)C3)C1. The molecule has 3 heterocycles. The van der Waals surface area contributed by atoms with E-state index < -0.39 is 5.60 Å². The summed E-state index contributed by atoms with van der Waals surface area (Å²) in [7, 11) is 1.61. The van der Waals surface area contributed by atoms with E-state index in [9.17, 15) is 9.59 Å². The van der Waals surface area contributed by atoms with E-state index in [1.165, 1.54) is 0 Å². The van der Waals surface area contributed by atoms with Crippen LogP contribution in [0.3, 0.4) is 0 Å². The smallest absolute Gasteiger partial charge is 0.410 e. The minimum absolute atomic E-state index is 0.0186. The maximum Gasteiger partial charge on any atom is 0.410 e. The van der Waals surface area contributed by atoms with Crippen LogP contribution in [0.4, 0.5) is 10.5 Å². The van der Waals surface area contributed by atoms with Crippen LogP contribution in [0.1, 0.15) is 39.8 Å².